The summed E-state index contributed by atoms with van der Waals surface area (Å²) in [5, 5.41) is 3.20. The Kier molecular flexibility index (Phi) is 8.29. The van der Waals surface area contributed by atoms with Crippen LogP contribution in [-0.4, -0.2) is 49.5 Å². The number of amides is 1. The minimum absolute atomic E-state index is 0. The van der Waals surface area contributed by atoms with Gasteiger partial charge in [-0.2, -0.15) is 11.8 Å². The minimum Gasteiger partial charge on any atom is -0.342 e. The fraction of sp³-hybridized carbons (Fsp3) is 0.900. The first kappa shape index (κ1) is 15.1. The predicted octanol–water partition coefficient (Wildman–Crippen LogP) is 1.23. The average molecular weight is 253 g/mol. The highest BCUT2D eigenvalue weighted by atomic mass is 35.5. The highest BCUT2D eigenvalue weighted by Gasteiger charge is 2.21. The van der Waals surface area contributed by atoms with Crippen molar-refractivity contribution in [2.45, 2.75) is 12.8 Å². The number of nitrogens with one attached hydrogen (secondary N) is 1. The Morgan fingerprint density at radius 3 is 2.53 bits per heavy atom. The fourth-order valence-corrected chi connectivity index (χ4v) is 2.32. The van der Waals surface area contributed by atoms with Crippen molar-refractivity contribution in [2.24, 2.45) is 5.92 Å². The van der Waals surface area contributed by atoms with Crippen LogP contribution in [0.4, 0.5) is 0 Å². The summed E-state index contributed by atoms with van der Waals surface area (Å²) in [6.45, 7) is 2.99. The molecule has 1 N–H and O–H groups in total. The zero-order chi connectivity index (χ0) is 10.4. The van der Waals surface area contributed by atoms with Crippen LogP contribution in [0.2, 0.25) is 0 Å². The van der Waals surface area contributed by atoms with Gasteiger partial charge in [0.25, 0.3) is 0 Å². The summed E-state index contributed by atoms with van der Waals surface area (Å²) in [4.78, 5) is 13.6. The van der Waals surface area contributed by atoms with Crippen LogP contribution in [-0.2, 0) is 4.79 Å². The van der Waals surface area contributed by atoms with E-state index in [4.69, 9.17) is 0 Å². The van der Waals surface area contributed by atoms with E-state index in [1.165, 1.54) is 0 Å². The van der Waals surface area contributed by atoms with Gasteiger partial charge in [0.1, 0.15) is 0 Å². The van der Waals surface area contributed by atoms with Crippen LogP contribution in [0.1, 0.15) is 12.8 Å². The molecule has 0 aliphatic carbocycles. The van der Waals surface area contributed by atoms with Gasteiger partial charge in [0.05, 0.1) is 5.75 Å². The number of piperidine rings is 1. The van der Waals surface area contributed by atoms with E-state index in [1.807, 2.05) is 18.2 Å². The topological polar surface area (TPSA) is 32.3 Å². The lowest BCUT2D eigenvalue weighted by Crippen LogP contribution is -2.41. The molecule has 1 fully saturated rings. The second-order valence-corrected chi connectivity index (χ2v) is 4.68. The highest BCUT2D eigenvalue weighted by Crippen LogP contribution is 2.16. The van der Waals surface area contributed by atoms with Crippen molar-refractivity contribution in [1.29, 1.82) is 0 Å². The quantitative estimate of drug-likeness (QED) is 0.817. The number of likely N-dealkylation sites (tertiary alicyclic amines) is 1. The molecule has 1 aliphatic rings. The van der Waals surface area contributed by atoms with Gasteiger partial charge in [-0.3, -0.25) is 4.79 Å². The van der Waals surface area contributed by atoms with Gasteiger partial charge in [0, 0.05) is 13.1 Å². The number of thioether (sulfide) groups is 1. The molecule has 90 valence electrons. The molecule has 1 aliphatic heterocycles. The number of halogens is 1. The molecule has 0 radical (unpaired) electrons. The second-order valence-electron chi connectivity index (χ2n) is 3.81. The van der Waals surface area contributed by atoms with Crippen molar-refractivity contribution < 1.29 is 4.79 Å². The Balaban J connectivity index is 0.00000196. The molecule has 0 aromatic rings. The predicted molar refractivity (Wildman–Crippen MR) is 68.9 cm³/mol. The third-order valence-corrected chi connectivity index (χ3v) is 3.26. The smallest absolute Gasteiger partial charge is 0.232 e. The minimum atomic E-state index is 0. The fourth-order valence-electron chi connectivity index (χ4n) is 1.89. The molecule has 1 heterocycles. The molecule has 15 heavy (non-hydrogen) atoms. The summed E-state index contributed by atoms with van der Waals surface area (Å²) in [5.74, 6) is 1.70. The van der Waals surface area contributed by atoms with E-state index in [-0.39, 0.29) is 12.4 Å². The van der Waals surface area contributed by atoms with Gasteiger partial charge in [0.2, 0.25) is 5.91 Å². The van der Waals surface area contributed by atoms with Crippen molar-refractivity contribution in [1.82, 2.24) is 10.2 Å². The van der Waals surface area contributed by atoms with Crippen molar-refractivity contribution in [2.75, 3.05) is 38.7 Å². The lowest BCUT2D eigenvalue weighted by atomic mass is 9.97. The first-order valence-electron chi connectivity index (χ1n) is 5.19. The number of carbonyl (C=O) groups excluding carboxylic acids is 1. The summed E-state index contributed by atoms with van der Waals surface area (Å²) in [5.41, 5.74) is 0. The van der Waals surface area contributed by atoms with E-state index in [0.717, 1.165) is 38.4 Å². The lowest BCUT2D eigenvalue weighted by Gasteiger charge is -2.31. The first-order chi connectivity index (χ1) is 6.77. The van der Waals surface area contributed by atoms with Gasteiger partial charge in [-0.15, -0.1) is 12.4 Å². The van der Waals surface area contributed by atoms with Crippen molar-refractivity contribution >= 4 is 30.1 Å². The van der Waals surface area contributed by atoms with Crippen LogP contribution in [0, 0.1) is 5.92 Å². The van der Waals surface area contributed by atoms with Gasteiger partial charge >= 0.3 is 0 Å². The third-order valence-electron chi connectivity index (χ3n) is 2.73. The molecular formula is C10H21ClN2OS. The number of rotatable bonds is 4. The molecule has 0 atom stereocenters. The van der Waals surface area contributed by atoms with E-state index in [1.54, 1.807) is 11.8 Å². The lowest BCUT2D eigenvalue weighted by molar-refractivity contribution is -0.129. The Hall–Kier alpha value is 0.0700. The molecule has 5 heteroatoms. The normalized spacial score (nSPS) is 17.3. The summed E-state index contributed by atoms with van der Waals surface area (Å²) >= 11 is 1.61. The Labute approximate surface area is 103 Å². The third kappa shape index (κ3) is 5.09. The van der Waals surface area contributed by atoms with Gasteiger partial charge in [0.15, 0.2) is 0 Å². The van der Waals surface area contributed by atoms with Crippen LogP contribution in [0.15, 0.2) is 0 Å². The average Bonchev–Trinajstić information content (AvgIpc) is 2.20. The van der Waals surface area contributed by atoms with Gasteiger partial charge in [-0.1, -0.05) is 0 Å². The van der Waals surface area contributed by atoms with Gasteiger partial charge < -0.3 is 10.2 Å². The maximum absolute atomic E-state index is 11.6. The molecule has 0 unspecified atom stereocenters. The van der Waals surface area contributed by atoms with E-state index in [9.17, 15) is 4.79 Å². The SMILES string of the molecule is CNCC1CCN(C(=O)CSC)CC1.Cl. The molecule has 1 saturated heterocycles. The second kappa shape index (κ2) is 8.25. The van der Waals surface area contributed by atoms with Crippen LogP contribution >= 0.6 is 24.2 Å². The molecule has 0 aromatic heterocycles. The molecule has 1 amide bonds. The maximum Gasteiger partial charge on any atom is 0.232 e. The molecule has 1 rings (SSSR count). The van der Waals surface area contributed by atoms with E-state index >= 15 is 0 Å². The zero-order valence-corrected chi connectivity index (χ0v) is 11.1. The Bertz CT molecular complexity index is 184. The highest BCUT2D eigenvalue weighted by molar-refractivity contribution is 7.99. The molecule has 0 saturated carbocycles. The largest absolute Gasteiger partial charge is 0.342 e. The Morgan fingerprint density at radius 1 is 1.47 bits per heavy atom. The zero-order valence-electron chi connectivity index (χ0n) is 9.49. The molecule has 0 spiro atoms. The van der Waals surface area contributed by atoms with Crippen molar-refractivity contribution in [3.63, 3.8) is 0 Å². The summed E-state index contributed by atoms with van der Waals surface area (Å²) in [6, 6.07) is 0. The summed E-state index contributed by atoms with van der Waals surface area (Å²) < 4.78 is 0. The van der Waals surface area contributed by atoms with E-state index < -0.39 is 0 Å². The number of hydrogen-bond acceptors (Lipinski definition) is 3. The first-order valence-corrected chi connectivity index (χ1v) is 6.58. The maximum atomic E-state index is 11.6. The van der Waals surface area contributed by atoms with Crippen LogP contribution in [0.25, 0.3) is 0 Å². The van der Waals surface area contributed by atoms with Crippen LogP contribution in [0.5, 0.6) is 0 Å². The number of hydrogen-bond donors (Lipinski definition) is 1. The standard InChI is InChI=1S/C10H20N2OS.ClH/c1-11-7-9-3-5-12(6-4-9)10(13)8-14-2;/h9,11H,3-8H2,1-2H3;1H. The summed E-state index contributed by atoms with van der Waals surface area (Å²) in [7, 11) is 1.99. The van der Waals surface area contributed by atoms with E-state index in [0.29, 0.717) is 11.7 Å². The van der Waals surface area contributed by atoms with Crippen molar-refractivity contribution in [3.8, 4) is 0 Å². The van der Waals surface area contributed by atoms with Gasteiger partial charge in [-0.05, 0) is 38.6 Å². The van der Waals surface area contributed by atoms with Gasteiger partial charge in [-0.25, -0.2) is 0 Å². The van der Waals surface area contributed by atoms with Crippen molar-refractivity contribution in [3.05, 3.63) is 0 Å². The monoisotopic (exact) mass is 252 g/mol. The van der Waals surface area contributed by atoms with E-state index in [2.05, 4.69) is 5.32 Å². The number of carbonyl (C=O) groups is 1. The van der Waals surface area contributed by atoms with Crippen LogP contribution < -0.4 is 5.32 Å². The van der Waals surface area contributed by atoms with Crippen LogP contribution in [0.3, 0.4) is 0 Å². The number of nitrogens with zero attached hydrogens (tertiary/aromatic N) is 1. The summed E-state index contributed by atoms with van der Waals surface area (Å²) in [6.07, 6.45) is 4.29. The Morgan fingerprint density at radius 2 is 2.07 bits per heavy atom. The molecule has 0 aromatic carbocycles. The molecule has 0 bridgehead atoms. The molecular weight excluding hydrogens is 232 g/mol. The molecule has 3 nitrogen and oxygen atoms in total.